The molecule has 1 N–H and O–H groups in total. The first kappa shape index (κ1) is 19.3. The van der Waals surface area contributed by atoms with Crippen molar-refractivity contribution < 1.29 is 14.3 Å². The lowest BCUT2D eigenvalue weighted by Crippen LogP contribution is -2.48. The predicted octanol–water partition coefficient (Wildman–Crippen LogP) is 3.12. The van der Waals surface area contributed by atoms with E-state index >= 15 is 0 Å². The Hall–Kier alpha value is -2.44. The number of carbonyl (C=O) groups excluding carboxylic acids is 1. The van der Waals surface area contributed by atoms with E-state index < -0.39 is 0 Å². The Morgan fingerprint density at radius 3 is 2.37 bits per heavy atom. The van der Waals surface area contributed by atoms with Crippen LogP contribution in [0.15, 0.2) is 42.5 Å². The van der Waals surface area contributed by atoms with Gasteiger partial charge in [-0.1, -0.05) is 11.6 Å². The lowest BCUT2D eigenvalue weighted by molar-refractivity contribution is -0.117. The molecular formula is C20H24ClN3O3. The highest BCUT2D eigenvalue weighted by molar-refractivity contribution is 6.31. The van der Waals surface area contributed by atoms with E-state index in [0.29, 0.717) is 23.0 Å². The molecule has 1 aliphatic heterocycles. The number of halogens is 1. The summed E-state index contributed by atoms with van der Waals surface area (Å²) in [6, 6.07) is 13.2. The number of benzene rings is 2. The van der Waals surface area contributed by atoms with Crippen LogP contribution in [0.5, 0.6) is 11.5 Å². The van der Waals surface area contributed by atoms with Crippen molar-refractivity contribution >= 4 is 28.9 Å². The van der Waals surface area contributed by atoms with Gasteiger partial charge in [-0.15, -0.1) is 0 Å². The van der Waals surface area contributed by atoms with Gasteiger partial charge in [0.1, 0.15) is 11.5 Å². The van der Waals surface area contributed by atoms with E-state index in [2.05, 4.69) is 27.2 Å². The molecule has 0 atom stereocenters. The molecule has 0 aromatic heterocycles. The van der Waals surface area contributed by atoms with Crippen LogP contribution >= 0.6 is 11.6 Å². The van der Waals surface area contributed by atoms with Crippen LogP contribution < -0.4 is 19.7 Å². The van der Waals surface area contributed by atoms with Crippen molar-refractivity contribution in [2.45, 2.75) is 0 Å². The minimum atomic E-state index is -0.0755. The van der Waals surface area contributed by atoms with Crippen molar-refractivity contribution in [2.24, 2.45) is 0 Å². The van der Waals surface area contributed by atoms with Crippen molar-refractivity contribution in [3.8, 4) is 11.5 Å². The summed E-state index contributed by atoms with van der Waals surface area (Å²) in [5, 5.41) is 3.44. The molecule has 1 heterocycles. The van der Waals surface area contributed by atoms with E-state index in [1.165, 1.54) is 5.69 Å². The Bertz CT molecular complexity index is 775. The second kappa shape index (κ2) is 8.97. The number of methoxy groups -OCH3 is 2. The summed E-state index contributed by atoms with van der Waals surface area (Å²) in [6.07, 6.45) is 0. The monoisotopic (exact) mass is 389 g/mol. The summed E-state index contributed by atoms with van der Waals surface area (Å²) in [5.74, 6) is 1.37. The van der Waals surface area contributed by atoms with Crippen molar-refractivity contribution in [1.82, 2.24) is 4.90 Å². The van der Waals surface area contributed by atoms with Crippen LogP contribution in [-0.2, 0) is 4.79 Å². The van der Waals surface area contributed by atoms with Gasteiger partial charge in [0.25, 0.3) is 0 Å². The van der Waals surface area contributed by atoms with E-state index in [0.717, 1.165) is 31.9 Å². The van der Waals surface area contributed by atoms with Crippen LogP contribution in [0.2, 0.25) is 5.02 Å². The summed E-state index contributed by atoms with van der Waals surface area (Å²) >= 11 is 6.01. The van der Waals surface area contributed by atoms with Gasteiger partial charge in [0.05, 0.1) is 26.5 Å². The molecule has 6 nitrogen and oxygen atoms in total. The summed E-state index contributed by atoms with van der Waals surface area (Å²) in [7, 11) is 3.23. The van der Waals surface area contributed by atoms with E-state index in [-0.39, 0.29) is 5.91 Å². The van der Waals surface area contributed by atoms with Gasteiger partial charge in [-0.3, -0.25) is 9.69 Å². The number of piperazine rings is 1. The first-order valence-electron chi connectivity index (χ1n) is 8.84. The fourth-order valence-electron chi connectivity index (χ4n) is 3.13. The fraction of sp³-hybridized carbons (Fsp3) is 0.350. The van der Waals surface area contributed by atoms with Gasteiger partial charge in [0.2, 0.25) is 5.91 Å². The zero-order valence-corrected chi connectivity index (χ0v) is 16.3. The number of nitrogens with one attached hydrogen (secondary N) is 1. The molecule has 1 aliphatic rings. The van der Waals surface area contributed by atoms with Gasteiger partial charge in [-0.05, 0) is 42.5 Å². The highest BCUT2D eigenvalue weighted by Crippen LogP contribution is 2.27. The zero-order valence-electron chi connectivity index (χ0n) is 15.6. The van der Waals surface area contributed by atoms with Crippen molar-refractivity contribution in [3.05, 3.63) is 47.5 Å². The Kier molecular flexibility index (Phi) is 6.42. The molecular weight excluding hydrogens is 366 g/mol. The molecule has 0 unspecified atom stereocenters. The van der Waals surface area contributed by atoms with Gasteiger partial charge in [0.15, 0.2) is 0 Å². The van der Waals surface area contributed by atoms with E-state index in [9.17, 15) is 4.79 Å². The molecule has 0 aliphatic carbocycles. The van der Waals surface area contributed by atoms with Crippen LogP contribution in [0.3, 0.4) is 0 Å². The molecule has 1 fully saturated rings. The van der Waals surface area contributed by atoms with Crippen LogP contribution in [0.1, 0.15) is 0 Å². The maximum Gasteiger partial charge on any atom is 0.238 e. The number of ether oxygens (including phenoxy) is 2. The lowest BCUT2D eigenvalue weighted by Gasteiger charge is -2.35. The maximum atomic E-state index is 12.4. The van der Waals surface area contributed by atoms with Gasteiger partial charge in [-0.2, -0.15) is 0 Å². The van der Waals surface area contributed by atoms with Crippen molar-refractivity contribution in [3.63, 3.8) is 0 Å². The highest BCUT2D eigenvalue weighted by atomic mass is 35.5. The average molecular weight is 390 g/mol. The molecule has 1 saturated heterocycles. The number of hydrogen-bond acceptors (Lipinski definition) is 5. The number of anilines is 2. The minimum absolute atomic E-state index is 0.0755. The van der Waals surface area contributed by atoms with E-state index in [1.54, 1.807) is 32.4 Å². The molecule has 3 rings (SSSR count). The summed E-state index contributed by atoms with van der Waals surface area (Å²) in [5.41, 5.74) is 1.76. The molecule has 1 amide bonds. The summed E-state index contributed by atoms with van der Waals surface area (Å²) < 4.78 is 10.5. The topological polar surface area (TPSA) is 54.0 Å². The Morgan fingerprint density at radius 2 is 1.74 bits per heavy atom. The van der Waals surface area contributed by atoms with Crippen LogP contribution in [0.25, 0.3) is 0 Å². The lowest BCUT2D eigenvalue weighted by atomic mass is 10.2. The first-order valence-corrected chi connectivity index (χ1v) is 9.21. The largest absolute Gasteiger partial charge is 0.497 e. The van der Waals surface area contributed by atoms with Crippen LogP contribution in [-0.4, -0.2) is 57.8 Å². The van der Waals surface area contributed by atoms with Crippen LogP contribution in [0, 0.1) is 0 Å². The fourth-order valence-corrected chi connectivity index (χ4v) is 3.30. The molecule has 144 valence electrons. The van der Waals surface area contributed by atoms with E-state index in [4.69, 9.17) is 21.1 Å². The summed E-state index contributed by atoms with van der Waals surface area (Å²) in [6.45, 7) is 3.74. The number of hydrogen-bond donors (Lipinski definition) is 1. The van der Waals surface area contributed by atoms with Gasteiger partial charge >= 0.3 is 0 Å². The first-order chi connectivity index (χ1) is 13.1. The standard InChI is InChI=1S/C20H24ClN3O3/c1-26-17-6-4-16(5-7-17)24-11-9-23(10-12-24)14-20(25)22-18-13-15(21)3-8-19(18)27-2/h3-8,13H,9-12,14H2,1-2H3,(H,22,25). The highest BCUT2D eigenvalue weighted by Gasteiger charge is 2.20. The van der Waals surface area contributed by atoms with E-state index in [1.807, 2.05) is 12.1 Å². The number of amides is 1. The quantitative estimate of drug-likeness (QED) is 0.822. The van der Waals surface area contributed by atoms with Crippen molar-refractivity contribution in [2.75, 3.05) is 57.2 Å². The molecule has 7 heteroatoms. The third kappa shape index (κ3) is 5.05. The maximum absolute atomic E-state index is 12.4. The van der Waals surface area contributed by atoms with Gasteiger partial charge < -0.3 is 19.7 Å². The number of nitrogens with zero attached hydrogens (tertiary/aromatic N) is 2. The number of rotatable bonds is 6. The Morgan fingerprint density at radius 1 is 1.04 bits per heavy atom. The molecule has 0 spiro atoms. The summed E-state index contributed by atoms with van der Waals surface area (Å²) in [4.78, 5) is 16.9. The molecule has 0 radical (unpaired) electrons. The van der Waals surface area contributed by atoms with Gasteiger partial charge in [0, 0.05) is 36.9 Å². The third-order valence-corrected chi connectivity index (χ3v) is 4.85. The molecule has 0 saturated carbocycles. The third-order valence-electron chi connectivity index (χ3n) is 4.61. The zero-order chi connectivity index (χ0) is 19.2. The predicted molar refractivity (Wildman–Crippen MR) is 108 cm³/mol. The normalized spacial score (nSPS) is 14.7. The Labute approximate surface area is 164 Å². The molecule has 2 aromatic carbocycles. The van der Waals surface area contributed by atoms with Crippen molar-refractivity contribution in [1.29, 1.82) is 0 Å². The second-order valence-electron chi connectivity index (χ2n) is 6.35. The SMILES string of the molecule is COc1ccc(N2CCN(CC(=O)Nc3cc(Cl)ccc3OC)CC2)cc1. The number of carbonyl (C=O) groups is 1. The minimum Gasteiger partial charge on any atom is -0.497 e. The second-order valence-corrected chi connectivity index (χ2v) is 6.79. The smallest absolute Gasteiger partial charge is 0.238 e. The molecule has 27 heavy (non-hydrogen) atoms. The molecule has 0 bridgehead atoms. The molecule has 2 aromatic rings. The average Bonchev–Trinajstić information content (AvgIpc) is 2.69. The van der Waals surface area contributed by atoms with Crippen LogP contribution in [0.4, 0.5) is 11.4 Å². The Balaban J connectivity index is 1.51. The van der Waals surface area contributed by atoms with Gasteiger partial charge in [-0.25, -0.2) is 0 Å².